The van der Waals surface area contributed by atoms with Crippen LogP contribution in [0, 0.1) is 0 Å². The van der Waals surface area contributed by atoms with Gasteiger partial charge in [-0.2, -0.15) is 0 Å². The molecule has 0 heterocycles. The van der Waals surface area contributed by atoms with E-state index in [0.717, 1.165) is 5.56 Å². The normalized spacial score (nSPS) is 13.6. The number of aliphatic hydroxyl groups excluding tert-OH is 1. The van der Waals surface area contributed by atoms with E-state index in [4.69, 9.17) is 15.6 Å². The Labute approximate surface area is 110 Å². The smallest absolute Gasteiger partial charge is 0.0947 e. The third-order valence-electron chi connectivity index (χ3n) is 2.98. The summed E-state index contributed by atoms with van der Waals surface area (Å²) in [6, 6.07) is 8.43. The molecule has 0 radical (unpaired) electrons. The summed E-state index contributed by atoms with van der Waals surface area (Å²) in [6.45, 7) is 7.74. The summed E-state index contributed by atoms with van der Waals surface area (Å²) in [7, 11) is 0. The minimum atomic E-state index is -0.0782. The molecule has 0 saturated heterocycles. The van der Waals surface area contributed by atoms with E-state index in [9.17, 15) is 0 Å². The van der Waals surface area contributed by atoms with Crippen LogP contribution in [0.2, 0.25) is 0 Å². The highest BCUT2D eigenvalue weighted by molar-refractivity contribution is 5.28. The van der Waals surface area contributed by atoms with Crippen molar-refractivity contribution < 1.29 is 9.84 Å². The maximum absolute atomic E-state index is 8.74. The Balaban J connectivity index is 2.69. The first kappa shape index (κ1) is 15.2. The minimum Gasteiger partial charge on any atom is -0.396 e. The van der Waals surface area contributed by atoms with Crippen molar-refractivity contribution in [3.05, 3.63) is 35.4 Å². The summed E-state index contributed by atoms with van der Waals surface area (Å²) in [5, 5.41) is 8.74. The molecule has 0 spiro atoms. The molecule has 0 amide bonds. The molecule has 3 nitrogen and oxygen atoms in total. The number of hydrogen-bond donors (Lipinski definition) is 2. The van der Waals surface area contributed by atoms with Crippen LogP contribution < -0.4 is 5.73 Å². The first-order chi connectivity index (χ1) is 8.49. The number of rotatable bonds is 6. The topological polar surface area (TPSA) is 55.5 Å². The Morgan fingerprint density at radius 1 is 1.22 bits per heavy atom. The first-order valence-electron chi connectivity index (χ1n) is 6.52. The van der Waals surface area contributed by atoms with Crippen LogP contribution in [-0.4, -0.2) is 24.9 Å². The maximum Gasteiger partial charge on any atom is 0.0947 e. The van der Waals surface area contributed by atoms with E-state index < -0.39 is 0 Å². The molecule has 1 atom stereocenters. The van der Waals surface area contributed by atoms with Crippen LogP contribution in [0.25, 0.3) is 0 Å². The fraction of sp³-hybridized carbons (Fsp3) is 0.600. The van der Waals surface area contributed by atoms with Crippen LogP contribution in [-0.2, 0) is 10.2 Å². The van der Waals surface area contributed by atoms with Crippen molar-refractivity contribution >= 4 is 0 Å². The van der Waals surface area contributed by atoms with Gasteiger partial charge in [0.05, 0.1) is 6.10 Å². The zero-order valence-corrected chi connectivity index (χ0v) is 11.6. The second kappa shape index (κ2) is 6.88. The molecule has 0 aromatic heterocycles. The summed E-state index contributed by atoms with van der Waals surface area (Å²) >= 11 is 0. The summed E-state index contributed by atoms with van der Waals surface area (Å²) < 4.78 is 5.66. The monoisotopic (exact) mass is 251 g/mol. The Bertz CT molecular complexity index is 341. The van der Waals surface area contributed by atoms with Crippen LogP contribution in [0.15, 0.2) is 24.3 Å². The number of nitrogens with two attached hydrogens (primary N) is 1. The summed E-state index contributed by atoms with van der Waals surface area (Å²) in [4.78, 5) is 0. The van der Waals surface area contributed by atoms with Crippen LogP contribution in [0.5, 0.6) is 0 Å². The fourth-order valence-electron chi connectivity index (χ4n) is 1.79. The van der Waals surface area contributed by atoms with Gasteiger partial charge in [-0.1, -0.05) is 45.0 Å². The van der Waals surface area contributed by atoms with Gasteiger partial charge in [0.1, 0.15) is 0 Å². The van der Waals surface area contributed by atoms with Gasteiger partial charge in [0.15, 0.2) is 0 Å². The Hall–Kier alpha value is -0.900. The van der Waals surface area contributed by atoms with Gasteiger partial charge < -0.3 is 15.6 Å². The van der Waals surface area contributed by atoms with Crippen LogP contribution in [0.3, 0.4) is 0 Å². The van der Waals surface area contributed by atoms with Gasteiger partial charge in [0.25, 0.3) is 0 Å². The molecule has 0 aliphatic rings. The highest BCUT2D eigenvalue weighted by Gasteiger charge is 2.15. The van der Waals surface area contributed by atoms with Crippen LogP contribution in [0.4, 0.5) is 0 Å². The highest BCUT2D eigenvalue weighted by Crippen LogP contribution is 2.24. The molecule has 102 valence electrons. The van der Waals surface area contributed by atoms with Crippen molar-refractivity contribution in [1.29, 1.82) is 0 Å². The molecule has 0 saturated carbocycles. The standard InChI is InChI=1S/C15H25NO2/c1-15(2,3)13-7-5-12(6-8-13)14(11-16)18-10-4-9-17/h5-8,14,17H,4,9-11,16H2,1-3H3. The molecular weight excluding hydrogens is 226 g/mol. The van der Waals surface area contributed by atoms with E-state index in [1.807, 2.05) is 0 Å². The van der Waals surface area contributed by atoms with Crippen LogP contribution >= 0.6 is 0 Å². The van der Waals surface area contributed by atoms with E-state index in [0.29, 0.717) is 19.6 Å². The third-order valence-corrected chi connectivity index (χ3v) is 2.98. The fourth-order valence-corrected chi connectivity index (χ4v) is 1.79. The molecular formula is C15H25NO2. The molecule has 0 aliphatic heterocycles. The molecule has 0 aliphatic carbocycles. The lowest BCUT2D eigenvalue weighted by Crippen LogP contribution is -2.17. The van der Waals surface area contributed by atoms with Gasteiger partial charge >= 0.3 is 0 Å². The Morgan fingerprint density at radius 3 is 2.28 bits per heavy atom. The van der Waals surface area contributed by atoms with Gasteiger partial charge in [0.2, 0.25) is 0 Å². The Kier molecular flexibility index (Phi) is 5.79. The quantitative estimate of drug-likeness (QED) is 0.763. The van der Waals surface area contributed by atoms with Crippen LogP contribution in [0.1, 0.15) is 44.4 Å². The zero-order chi connectivity index (χ0) is 13.6. The average molecular weight is 251 g/mol. The van der Waals surface area contributed by atoms with Gasteiger partial charge in [-0.25, -0.2) is 0 Å². The van der Waals surface area contributed by atoms with Crippen molar-refractivity contribution in [3.63, 3.8) is 0 Å². The predicted octanol–water partition coefficient (Wildman–Crippen LogP) is 2.38. The second-order valence-electron chi connectivity index (χ2n) is 5.54. The minimum absolute atomic E-state index is 0.0782. The zero-order valence-electron chi connectivity index (χ0n) is 11.6. The van der Waals surface area contributed by atoms with Crippen molar-refractivity contribution in [1.82, 2.24) is 0 Å². The SMILES string of the molecule is CC(C)(C)c1ccc(C(CN)OCCCO)cc1. The lowest BCUT2D eigenvalue weighted by molar-refractivity contribution is 0.0488. The molecule has 1 aromatic carbocycles. The van der Waals surface area contributed by atoms with E-state index in [-0.39, 0.29) is 18.1 Å². The van der Waals surface area contributed by atoms with Gasteiger partial charge in [0, 0.05) is 19.8 Å². The molecule has 1 rings (SSSR count). The van der Waals surface area contributed by atoms with Gasteiger partial charge in [-0.05, 0) is 23.0 Å². The lowest BCUT2D eigenvalue weighted by Gasteiger charge is -2.21. The molecule has 3 N–H and O–H groups in total. The van der Waals surface area contributed by atoms with E-state index in [1.54, 1.807) is 0 Å². The van der Waals surface area contributed by atoms with E-state index in [1.165, 1.54) is 5.56 Å². The third kappa shape index (κ3) is 4.41. The maximum atomic E-state index is 8.74. The Morgan fingerprint density at radius 2 is 1.83 bits per heavy atom. The van der Waals surface area contributed by atoms with Crippen molar-refractivity contribution in [2.45, 2.75) is 38.7 Å². The molecule has 0 bridgehead atoms. The highest BCUT2D eigenvalue weighted by atomic mass is 16.5. The number of hydrogen-bond acceptors (Lipinski definition) is 3. The molecule has 1 unspecified atom stereocenters. The molecule has 18 heavy (non-hydrogen) atoms. The number of benzene rings is 1. The molecule has 0 fully saturated rings. The number of ether oxygens (including phenoxy) is 1. The van der Waals surface area contributed by atoms with E-state index >= 15 is 0 Å². The van der Waals surface area contributed by atoms with Gasteiger partial charge in [-0.3, -0.25) is 0 Å². The second-order valence-corrected chi connectivity index (χ2v) is 5.54. The van der Waals surface area contributed by atoms with Gasteiger partial charge in [-0.15, -0.1) is 0 Å². The van der Waals surface area contributed by atoms with E-state index in [2.05, 4.69) is 45.0 Å². The average Bonchev–Trinajstić information content (AvgIpc) is 2.34. The number of aliphatic hydroxyl groups is 1. The molecule has 3 heteroatoms. The summed E-state index contributed by atoms with van der Waals surface area (Å²) in [6.07, 6.45) is 0.571. The summed E-state index contributed by atoms with van der Waals surface area (Å²) in [5.41, 5.74) is 8.29. The molecule has 1 aromatic rings. The predicted molar refractivity (Wildman–Crippen MR) is 74.6 cm³/mol. The van der Waals surface area contributed by atoms with Crippen molar-refractivity contribution in [3.8, 4) is 0 Å². The van der Waals surface area contributed by atoms with Crippen molar-refractivity contribution in [2.75, 3.05) is 19.8 Å². The summed E-state index contributed by atoms with van der Waals surface area (Å²) in [5.74, 6) is 0. The first-order valence-corrected chi connectivity index (χ1v) is 6.52. The lowest BCUT2D eigenvalue weighted by atomic mass is 9.86. The van der Waals surface area contributed by atoms with Crippen molar-refractivity contribution in [2.24, 2.45) is 5.73 Å². The largest absolute Gasteiger partial charge is 0.396 e.